The largest absolute Gasteiger partial charge is 0.508 e. The van der Waals surface area contributed by atoms with Gasteiger partial charge < -0.3 is 14.9 Å². The number of nitrogens with zero attached hydrogens (tertiary/aromatic N) is 2. The molecular formula is C22H25N3O3S. The molecule has 2 aromatic carbocycles. The van der Waals surface area contributed by atoms with Crippen molar-refractivity contribution in [1.29, 1.82) is 0 Å². The molecule has 3 N–H and O–H groups in total. The van der Waals surface area contributed by atoms with Crippen molar-refractivity contribution >= 4 is 12.2 Å². The van der Waals surface area contributed by atoms with Gasteiger partial charge in [0.2, 0.25) is 0 Å². The second-order valence-electron chi connectivity index (χ2n) is 7.71. The van der Waals surface area contributed by atoms with E-state index in [4.69, 9.17) is 17.0 Å². The van der Waals surface area contributed by atoms with E-state index < -0.39 is 0 Å². The normalized spacial score (nSPS) is 15.8. The number of ether oxygens (including phenoxy) is 1. The van der Waals surface area contributed by atoms with Gasteiger partial charge in [-0.1, -0.05) is 19.9 Å². The van der Waals surface area contributed by atoms with E-state index in [-0.39, 0.29) is 23.5 Å². The van der Waals surface area contributed by atoms with Gasteiger partial charge in [0.1, 0.15) is 11.5 Å². The van der Waals surface area contributed by atoms with Crippen LogP contribution in [0.4, 0.5) is 0 Å². The van der Waals surface area contributed by atoms with E-state index in [0.717, 1.165) is 24.1 Å². The Morgan fingerprint density at radius 2 is 1.93 bits per heavy atom. The number of aromatic nitrogens is 3. The highest BCUT2D eigenvalue weighted by atomic mass is 32.1. The molecule has 4 rings (SSSR count). The van der Waals surface area contributed by atoms with E-state index in [9.17, 15) is 10.2 Å². The molecule has 6 nitrogen and oxygen atoms in total. The highest BCUT2D eigenvalue weighted by Gasteiger charge is 2.23. The molecule has 1 aromatic heterocycles. The van der Waals surface area contributed by atoms with Crippen LogP contribution < -0.4 is 0 Å². The van der Waals surface area contributed by atoms with Crippen LogP contribution in [0.15, 0.2) is 30.3 Å². The number of phenolic OH excluding ortho intramolecular Hbond substituents is 2. The highest BCUT2D eigenvalue weighted by molar-refractivity contribution is 7.71. The molecule has 1 atom stereocenters. The van der Waals surface area contributed by atoms with Crippen LogP contribution in [0.5, 0.6) is 11.5 Å². The number of H-pyrrole nitrogens is 1. The number of phenols is 2. The Morgan fingerprint density at radius 3 is 2.66 bits per heavy atom. The summed E-state index contributed by atoms with van der Waals surface area (Å²) in [7, 11) is 0. The molecule has 0 aliphatic heterocycles. The fourth-order valence-corrected chi connectivity index (χ4v) is 4.25. The standard InChI is InChI=1S/C22H25N3O3S/c1-4-28-16-8-13-5-6-15(7-14(13)9-16)25-21(23-24-22(25)29)18-10-17(12(2)3)19(26)11-20(18)27/h5-7,10-12,16,26-27H,4,8-9H2,1-3H3,(H,24,29). The average molecular weight is 412 g/mol. The molecule has 1 aliphatic carbocycles. The quantitative estimate of drug-likeness (QED) is 0.533. The van der Waals surface area contributed by atoms with Crippen LogP contribution in [0, 0.1) is 4.77 Å². The van der Waals surface area contributed by atoms with Gasteiger partial charge in [0.25, 0.3) is 0 Å². The predicted molar refractivity (Wildman–Crippen MR) is 114 cm³/mol. The Labute approximate surface area is 174 Å². The van der Waals surface area contributed by atoms with Gasteiger partial charge in [-0.25, -0.2) is 0 Å². The molecule has 0 radical (unpaired) electrons. The van der Waals surface area contributed by atoms with Crippen molar-refractivity contribution in [3.8, 4) is 28.6 Å². The molecule has 7 heteroatoms. The highest BCUT2D eigenvalue weighted by Crippen LogP contribution is 2.38. The summed E-state index contributed by atoms with van der Waals surface area (Å²) in [5, 5.41) is 27.9. The molecule has 0 bridgehead atoms. The summed E-state index contributed by atoms with van der Waals surface area (Å²) in [5.74, 6) is 0.634. The molecule has 29 heavy (non-hydrogen) atoms. The zero-order valence-corrected chi connectivity index (χ0v) is 17.6. The second-order valence-corrected chi connectivity index (χ2v) is 8.10. The van der Waals surface area contributed by atoms with Crippen molar-refractivity contribution in [1.82, 2.24) is 14.8 Å². The van der Waals surface area contributed by atoms with Crippen molar-refractivity contribution in [2.45, 2.75) is 45.6 Å². The van der Waals surface area contributed by atoms with Crippen molar-refractivity contribution in [2.75, 3.05) is 6.61 Å². The maximum atomic E-state index is 10.5. The van der Waals surface area contributed by atoms with Gasteiger partial charge in [0.05, 0.1) is 17.4 Å². The third kappa shape index (κ3) is 3.56. The number of nitrogens with one attached hydrogen (secondary N) is 1. The number of aromatic hydroxyl groups is 2. The number of fused-ring (bicyclic) bond motifs is 1. The third-order valence-electron chi connectivity index (χ3n) is 5.43. The minimum atomic E-state index is -0.0419. The van der Waals surface area contributed by atoms with E-state index in [0.29, 0.717) is 22.8 Å². The summed E-state index contributed by atoms with van der Waals surface area (Å²) in [6, 6.07) is 9.38. The number of benzene rings is 2. The first kappa shape index (κ1) is 19.7. The van der Waals surface area contributed by atoms with Crippen LogP contribution in [0.1, 0.15) is 43.4 Å². The summed E-state index contributed by atoms with van der Waals surface area (Å²) in [6.07, 6.45) is 2.01. The summed E-state index contributed by atoms with van der Waals surface area (Å²) >= 11 is 5.49. The summed E-state index contributed by atoms with van der Waals surface area (Å²) < 4.78 is 8.05. The summed E-state index contributed by atoms with van der Waals surface area (Å²) in [4.78, 5) is 0. The van der Waals surface area contributed by atoms with E-state index in [1.807, 2.05) is 31.4 Å². The zero-order chi connectivity index (χ0) is 20.7. The van der Waals surface area contributed by atoms with E-state index in [1.54, 1.807) is 6.07 Å². The van der Waals surface area contributed by atoms with Gasteiger partial charge in [-0.05, 0) is 72.8 Å². The smallest absolute Gasteiger partial charge is 0.200 e. The summed E-state index contributed by atoms with van der Waals surface area (Å²) in [6.45, 7) is 6.70. The van der Waals surface area contributed by atoms with Crippen molar-refractivity contribution in [2.24, 2.45) is 0 Å². The first-order valence-electron chi connectivity index (χ1n) is 9.86. The maximum Gasteiger partial charge on any atom is 0.200 e. The van der Waals surface area contributed by atoms with Gasteiger partial charge in [-0.15, -0.1) is 0 Å². The van der Waals surface area contributed by atoms with E-state index in [1.165, 1.54) is 17.2 Å². The molecular weight excluding hydrogens is 386 g/mol. The molecule has 0 spiro atoms. The zero-order valence-electron chi connectivity index (χ0n) is 16.8. The predicted octanol–water partition coefficient (Wildman–Crippen LogP) is 4.64. The molecule has 0 saturated carbocycles. The lowest BCUT2D eigenvalue weighted by Crippen LogP contribution is -2.11. The first-order chi connectivity index (χ1) is 13.9. The van der Waals surface area contributed by atoms with Crippen LogP contribution in [0.3, 0.4) is 0 Å². The lowest BCUT2D eigenvalue weighted by Gasteiger charge is -2.14. The van der Waals surface area contributed by atoms with Crippen LogP contribution in [0.25, 0.3) is 17.1 Å². The van der Waals surface area contributed by atoms with Gasteiger partial charge in [-0.2, -0.15) is 5.10 Å². The molecule has 0 saturated heterocycles. The fourth-order valence-electron chi connectivity index (χ4n) is 4.01. The van der Waals surface area contributed by atoms with E-state index >= 15 is 0 Å². The number of hydrogen-bond acceptors (Lipinski definition) is 5. The number of aromatic amines is 1. The Bertz CT molecular complexity index is 1120. The SMILES string of the molecule is CCOC1Cc2ccc(-n3c(-c4cc(C(C)C)c(O)cc4O)n[nH]c3=S)cc2C1. The Kier molecular flexibility index (Phi) is 5.19. The van der Waals surface area contributed by atoms with Gasteiger partial charge in [0, 0.05) is 12.7 Å². The first-order valence-corrected chi connectivity index (χ1v) is 10.3. The molecule has 152 valence electrons. The molecule has 1 unspecified atom stereocenters. The number of rotatable bonds is 5. The summed E-state index contributed by atoms with van der Waals surface area (Å²) in [5.41, 5.74) is 4.68. The van der Waals surface area contributed by atoms with Crippen molar-refractivity contribution < 1.29 is 14.9 Å². The minimum absolute atomic E-state index is 0.0419. The van der Waals surface area contributed by atoms with Crippen LogP contribution in [-0.4, -0.2) is 37.7 Å². The van der Waals surface area contributed by atoms with Crippen molar-refractivity contribution in [3.63, 3.8) is 0 Å². The Balaban J connectivity index is 1.80. The Morgan fingerprint density at radius 1 is 1.17 bits per heavy atom. The molecule has 0 fully saturated rings. The molecule has 3 aromatic rings. The maximum absolute atomic E-state index is 10.5. The van der Waals surface area contributed by atoms with Gasteiger partial charge >= 0.3 is 0 Å². The lowest BCUT2D eigenvalue weighted by atomic mass is 9.98. The topological polar surface area (TPSA) is 83.3 Å². The van der Waals surface area contributed by atoms with Crippen LogP contribution in [0.2, 0.25) is 0 Å². The fraction of sp³-hybridized carbons (Fsp3) is 0.364. The molecule has 1 aliphatic rings. The second kappa shape index (κ2) is 7.65. The van der Waals surface area contributed by atoms with Crippen molar-refractivity contribution in [3.05, 3.63) is 51.8 Å². The lowest BCUT2D eigenvalue weighted by molar-refractivity contribution is 0.0709. The molecule has 0 amide bonds. The third-order valence-corrected chi connectivity index (χ3v) is 5.70. The van der Waals surface area contributed by atoms with Crippen LogP contribution >= 0.6 is 12.2 Å². The Hall–Kier alpha value is -2.64. The average Bonchev–Trinajstić information content (AvgIpc) is 3.24. The van der Waals surface area contributed by atoms with Gasteiger partial charge in [-0.3, -0.25) is 9.67 Å². The molecule has 1 heterocycles. The van der Waals surface area contributed by atoms with Crippen LogP contribution in [-0.2, 0) is 17.6 Å². The number of hydrogen-bond donors (Lipinski definition) is 3. The van der Waals surface area contributed by atoms with E-state index in [2.05, 4.69) is 22.3 Å². The minimum Gasteiger partial charge on any atom is -0.508 e. The monoisotopic (exact) mass is 411 g/mol. The van der Waals surface area contributed by atoms with Gasteiger partial charge in [0.15, 0.2) is 10.6 Å².